The molecule has 0 saturated carbocycles. The second-order valence-electron chi connectivity index (χ2n) is 7.31. The van der Waals surface area contributed by atoms with E-state index in [4.69, 9.17) is 15.5 Å². The first kappa shape index (κ1) is 17.7. The monoisotopic (exact) mass is 396 g/mol. The number of piperidine rings is 1. The van der Waals surface area contributed by atoms with Gasteiger partial charge in [0.1, 0.15) is 5.52 Å². The number of fused-ring (bicyclic) bond motifs is 3. The molecule has 3 aromatic heterocycles. The average Bonchev–Trinajstić information content (AvgIpc) is 3.36. The highest BCUT2D eigenvalue weighted by molar-refractivity contribution is 5.93. The van der Waals surface area contributed by atoms with Gasteiger partial charge in [-0.15, -0.1) is 5.10 Å². The SMILES string of the molecule is COc1ccc2c(nc(N)n3nc(C4CCCN(c5cnn(C)c5)C4)nc23)c1F. The van der Waals surface area contributed by atoms with Crippen LogP contribution in [0, 0.1) is 5.82 Å². The van der Waals surface area contributed by atoms with E-state index in [-0.39, 0.29) is 23.1 Å². The van der Waals surface area contributed by atoms with Crippen molar-refractivity contribution in [1.29, 1.82) is 0 Å². The van der Waals surface area contributed by atoms with Crippen molar-refractivity contribution >= 4 is 28.2 Å². The maximum absolute atomic E-state index is 14.7. The Hall–Kier alpha value is -3.43. The Kier molecular flexibility index (Phi) is 4.00. The largest absolute Gasteiger partial charge is 0.494 e. The van der Waals surface area contributed by atoms with Gasteiger partial charge >= 0.3 is 0 Å². The van der Waals surface area contributed by atoms with Crippen molar-refractivity contribution in [3.63, 3.8) is 0 Å². The molecule has 2 N–H and O–H groups in total. The first-order valence-electron chi connectivity index (χ1n) is 9.47. The summed E-state index contributed by atoms with van der Waals surface area (Å²) in [5.41, 5.74) is 7.79. The van der Waals surface area contributed by atoms with Crippen molar-refractivity contribution in [2.45, 2.75) is 18.8 Å². The number of nitrogens with two attached hydrogens (primary N) is 1. The molecule has 0 aliphatic carbocycles. The highest BCUT2D eigenvalue weighted by Crippen LogP contribution is 2.31. The Morgan fingerprint density at radius 1 is 1.28 bits per heavy atom. The second kappa shape index (κ2) is 6.57. The van der Waals surface area contributed by atoms with Gasteiger partial charge in [0.2, 0.25) is 5.95 Å². The van der Waals surface area contributed by atoms with E-state index in [1.54, 1.807) is 16.8 Å². The summed E-state index contributed by atoms with van der Waals surface area (Å²) in [6.45, 7) is 1.75. The third-order valence-electron chi connectivity index (χ3n) is 5.45. The Morgan fingerprint density at radius 2 is 2.14 bits per heavy atom. The number of aryl methyl sites for hydroxylation is 1. The first-order chi connectivity index (χ1) is 14.0. The van der Waals surface area contributed by atoms with E-state index in [2.05, 4.69) is 20.1 Å². The average molecular weight is 396 g/mol. The van der Waals surface area contributed by atoms with Gasteiger partial charge in [-0.05, 0) is 25.0 Å². The van der Waals surface area contributed by atoms with Gasteiger partial charge in [-0.25, -0.2) is 14.4 Å². The number of rotatable bonds is 3. The lowest BCUT2D eigenvalue weighted by Gasteiger charge is -2.32. The number of hydrogen-bond acceptors (Lipinski definition) is 7. The molecule has 0 bridgehead atoms. The zero-order valence-electron chi connectivity index (χ0n) is 16.2. The maximum Gasteiger partial charge on any atom is 0.223 e. The van der Waals surface area contributed by atoms with Crippen molar-refractivity contribution < 1.29 is 9.13 Å². The summed E-state index contributed by atoms with van der Waals surface area (Å²) in [6.07, 6.45) is 5.87. The lowest BCUT2D eigenvalue weighted by Crippen LogP contribution is -2.34. The molecule has 29 heavy (non-hydrogen) atoms. The van der Waals surface area contributed by atoms with Gasteiger partial charge in [0.15, 0.2) is 23.0 Å². The van der Waals surface area contributed by atoms with Crippen molar-refractivity contribution in [3.8, 4) is 5.75 Å². The van der Waals surface area contributed by atoms with Crippen LogP contribution >= 0.6 is 0 Å². The van der Waals surface area contributed by atoms with Crippen LogP contribution in [0.25, 0.3) is 16.6 Å². The standard InChI is InChI=1S/C19H21FN8O/c1-26-10-12(8-22-26)27-7-3-4-11(9-27)17-24-18-13-5-6-14(29-2)15(20)16(13)23-19(21)28(18)25-17/h5-6,8,10-11H,3-4,7,9H2,1-2H3,(H2,21,23). The van der Waals surface area contributed by atoms with Crippen LogP contribution in [-0.4, -0.2) is 49.6 Å². The Balaban J connectivity index is 1.56. The number of nitrogens with zero attached hydrogens (tertiary/aromatic N) is 7. The molecule has 4 aromatic rings. The number of anilines is 2. The summed E-state index contributed by atoms with van der Waals surface area (Å²) in [6, 6.07) is 3.30. The van der Waals surface area contributed by atoms with E-state index in [0.29, 0.717) is 16.9 Å². The molecular formula is C19H21FN8O. The van der Waals surface area contributed by atoms with Crippen LogP contribution in [0.3, 0.4) is 0 Å². The summed E-state index contributed by atoms with van der Waals surface area (Å²) in [5.74, 6) is 0.493. The van der Waals surface area contributed by atoms with Crippen LogP contribution < -0.4 is 15.4 Å². The van der Waals surface area contributed by atoms with Crippen LogP contribution in [0.1, 0.15) is 24.6 Å². The van der Waals surface area contributed by atoms with Crippen molar-refractivity contribution in [3.05, 3.63) is 36.2 Å². The number of aromatic nitrogens is 6. The Bertz CT molecular complexity index is 1220. The highest BCUT2D eigenvalue weighted by atomic mass is 19.1. The van der Waals surface area contributed by atoms with E-state index in [1.165, 1.54) is 11.6 Å². The predicted octanol–water partition coefficient (Wildman–Crippen LogP) is 2.12. The molecule has 1 fully saturated rings. The number of nitrogen functional groups attached to an aromatic ring is 1. The van der Waals surface area contributed by atoms with E-state index < -0.39 is 5.82 Å². The van der Waals surface area contributed by atoms with Crippen LogP contribution in [0.4, 0.5) is 16.0 Å². The number of methoxy groups -OCH3 is 1. The summed E-state index contributed by atoms with van der Waals surface area (Å²) in [5, 5.41) is 9.42. The van der Waals surface area contributed by atoms with Crippen molar-refractivity contribution in [1.82, 2.24) is 29.4 Å². The van der Waals surface area contributed by atoms with Crippen LogP contribution in [-0.2, 0) is 7.05 Å². The third kappa shape index (κ3) is 2.82. The fraction of sp³-hybridized carbons (Fsp3) is 0.368. The normalized spacial score (nSPS) is 17.3. The zero-order chi connectivity index (χ0) is 20.1. The van der Waals surface area contributed by atoms with Gasteiger partial charge in [0.05, 0.1) is 19.0 Å². The van der Waals surface area contributed by atoms with Gasteiger partial charge in [-0.1, -0.05) is 0 Å². The number of halogens is 1. The predicted molar refractivity (Wildman–Crippen MR) is 107 cm³/mol. The lowest BCUT2D eigenvalue weighted by atomic mass is 9.97. The fourth-order valence-electron chi connectivity index (χ4n) is 3.98. The topological polar surface area (TPSA) is 99.4 Å². The number of ether oxygens (including phenoxy) is 1. The summed E-state index contributed by atoms with van der Waals surface area (Å²) < 4.78 is 23.0. The van der Waals surface area contributed by atoms with Crippen LogP contribution in [0.15, 0.2) is 24.5 Å². The van der Waals surface area contributed by atoms with Crippen LogP contribution in [0.5, 0.6) is 5.75 Å². The summed E-state index contributed by atoms with van der Waals surface area (Å²) in [4.78, 5) is 11.2. The van der Waals surface area contributed by atoms with Gasteiger partial charge in [0, 0.05) is 37.6 Å². The molecule has 1 atom stereocenters. The Morgan fingerprint density at radius 3 is 2.90 bits per heavy atom. The minimum absolute atomic E-state index is 0.0957. The summed E-state index contributed by atoms with van der Waals surface area (Å²) >= 11 is 0. The van der Waals surface area contributed by atoms with Crippen molar-refractivity contribution in [2.75, 3.05) is 30.8 Å². The molecule has 5 rings (SSSR count). The Labute approximate surface area is 165 Å². The third-order valence-corrected chi connectivity index (χ3v) is 5.45. The quantitative estimate of drug-likeness (QED) is 0.566. The minimum Gasteiger partial charge on any atom is -0.494 e. The molecule has 0 spiro atoms. The molecule has 1 unspecified atom stereocenters. The molecular weight excluding hydrogens is 375 g/mol. The molecule has 0 amide bonds. The van der Waals surface area contributed by atoms with E-state index in [1.807, 2.05) is 19.4 Å². The summed E-state index contributed by atoms with van der Waals surface area (Å²) in [7, 11) is 3.32. The molecule has 0 radical (unpaired) electrons. The second-order valence-corrected chi connectivity index (χ2v) is 7.31. The lowest BCUT2D eigenvalue weighted by molar-refractivity contribution is 0.388. The van der Waals surface area contributed by atoms with E-state index >= 15 is 0 Å². The number of hydrogen-bond donors (Lipinski definition) is 1. The molecule has 10 heteroatoms. The van der Waals surface area contributed by atoms with E-state index in [0.717, 1.165) is 31.6 Å². The molecule has 4 heterocycles. The van der Waals surface area contributed by atoms with Gasteiger partial charge < -0.3 is 15.4 Å². The van der Waals surface area contributed by atoms with Gasteiger partial charge in [0.25, 0.3) is 0 Å². The van der Waals surface area contributed by atoms with Crippen LogP contribution in [0.2, 0.25) is 0 Å². The maximum atomic E-state index is 14.7. The first-order valence-corrected chi connectivity index (χ1v) is 9.47. The molecule has 1 aliphatic heterocycles. The fourth-order valence-corrected chi connectivity index (χ4v) is 3.98. The molecule has 9 nitrogen and oxygen atoms in total. The van der Waals surface area contributed by atoms with Crippen molar-refractivity contribution in [2.24, 2.45) is 7.05 Å². The van der Waals surface area contributed by atoms with E-state index in [9.17, 15) is 4.39 Å². The highest BCUT2D eigenvalue weighted by Gasteiger charge is 2.27. The smallest absolute Gasteiger partial charge is 0.223 e. The van der Waals surface area contributed by atoms with Gasteiger partial charge in [-0.2, -0.15) is 9.61 Å². The number of benzene rings is 1. The zero-order valence-corrected chi connectivity index (χ0v) is 16.2. The molecule has 1 aromatic carbocycles. The molecule has 1 aliphatic rings. The minimum atomic E-state index is -0.552. The van der Waals surface area contributed by atoms with Gasteiger partial charge in [-0.3, -0.25) is 4.68 Å². The molecule has 150 valence electrons. The molecule has 1 saturated heterocycles.